The van der Waals surface area contributed by atoms with Gasteiger partial charge in [0, 0.05) is 19.6 Å². The Morgan fingerprint density at radius 2 is 1.67 bits per heavy atom. The van der Waals surface area contributed by atoms with Crippen molar-refractivity contribution in [2.45, 2.75) is 13.5 Å². The van der Waals surface area contributed by atoms with E-state index in [4.69, 9.17) is 4.74 Å². The number of aliphatic hydroxyl groups excluding tert-OH is 1. The second-order valence-electron chi connectivity index (χ2n) is 5.15. The van der Waals surface area contributed by atoms with Gasteiger partial charge in [-0.3, -0.25) is 4.90 Å². The fraction of sp³-hybridized carbons (Fsp3) is 0.333. The third-order valence-corrected chi connectivity index (χ3v) is 3.36. The molecular formula is C18H23NO2. The molecule has 0 spiro atoms. The number of rotatable bonds is 8. The summed E-state index contributed by atoms with van der Waals surface area (Å²) in [6.07, 6.45) is 0. The maximum absolute atomic E-state index is 9.18. The summed E-state index contributed by atoms with van der Waals surface area (Å²) in [5.74, 6) is 0.893. The highest BCUT2D eigenvalue weighted by atomic mass is 16.5. The van der Waals surface area contributed by atoms with Crippen LogP contribution in [0.5, 0.6) is 5.75 Å². The molecule has 0 aliphatic heterocycles. The number of nitrogens with zero attached hydrogens (tertiary/aromatic N) is 1. The minimum absolute atomic E-state index is 0.164. The summed E-state index contributed by atoms with van der Waals surface area (Å²) in [5.41, 5.74) is 2.48. The zero-order valence-corrected chi connectivity index (χ0v) is 12.5. The average Bonchev–Trinajstić information content (AvgIpc) is 2.50. The molecule has 0 saturated heterocycles. The lowest BCUT2D eigenvalue weighted by Crippen LogP contribution is -2.30. The Balaban J connectivity index is 1.81. The standard InChI is InChI=1S/C18H23NO2/c1-16-7-9-18(10-8-16)21-14-12-19(11-13-20)15-17-5-3-2-4-6-17/h2-10,20H,11-15H2,1H3. The maximum atomic E-state index is 9.18. The van der Waals surface area contributed by atoms with Crippen molar-refractivity contribution in [1.82, 2.24) is 4.90 Å². The second-order valence-corrected chi connectivity index (χ2v) is 5.15. The van der Waals surface area contributed by atoms with E-state index in [0.29, 0.717) is 13.2 Å². The van der Waals surface area contributed by atoms with Crippen LogP contribution in [0.3, 0.4) is 0 Å². The molecule has 0 aliphatic rings. The van der Waals surface area contributed by atoms with Crippen LogP contribution in [0.4, 0.5) is 0 Å². The van der Waals surface area contributed by atoms with E-state index >= 15 is 0 Å². The minimum Gasteiger partial charge on any atom is -0.492 e. The fourth-order valence-electron chi connectivity index (χ4n) is 2.18. The summed E-state index contributed by atoms with van der Waals surface area (Å²) in [6, 6.07) is 18.4. The molecule has 2 rings (SSSR count). The fourth-order valence-corrected chi connectivity index (χ4v) is 2.18. The van der Waals surface area contributed by atoms with Crippen LogP contribution in [0.2, 0.25) is 0 Å². The molecule has 0 aromatic heterocycles. The van der Waals surface area contributed by atoms with E-state index in [2.05, 4.69) is 24.0 Å². The molecule has 2 aromatic carbocycles. The minimum atomic E-state index is 0.164. The van der Waals surface area contributed by atoms with E-state index in [-0.39, 0.29) is 6.61 Å². The van der Waals surface area contributed by atoms with Gasteiger partial charge < -0.3 is 9.84 Å². The molecule has 0 aliphatic carbocycles. The molecule has 0 heterocycles. The van der Waals surface area contributed by atoms with Gasteiger partial charge in [0.25, 0.3) is 0 Å². The first-order valence-corrected chi connectivity index (χ1v) is 7.34. The summed E-state index contributed by atoms with van der Waals surface area (Å²) in [4.78, 5) is 2.20. The SMILES string of the molecule is Cc1ccc(OCCN(CCO)Cc2ccccc2)cc1. The summed E-state index contributed by atoms with van der Waals surface area (Å²) < 4.78 is 5.75. The highest BCUT2D eigenvalue weighted by Crippen LogP contribution is 2.11. The Morgan fingerprint density at radius 1 is 0.952 bits per heavy atom. The number of ether oxygens (including phenoxy) is 1. The molecular weight excluding hydrogens is 262 g/mol. The van der Waals surface area contributed by atoms with Crippen molar-refractivity contribution < 1.29 is 9.84 Å². The van der Waals surface area contributed by atoms with Gasteiger partial charge in [0.2, 0.25) is 0 Å². The van der Waals surface area contributed by atoms with E-state index in [1.807, 2.05) is 42.5 Å². The zero-order chi connectivity index (χ0) is 14.9. The first kappa shape index (κ1) is 15.5. The van der Waals surface area contributed by atoms with Gasteiger partial charge in [0.15, 0.2) is 0 Å². The lowest BCUT2D eigenvalue weighted by molar-refractivity contribution is 0.163. The molecule has 3 heteroatoms. The van der Waals surface area contributed by atoms with Crippen molar-refractivity contribution in [2.24, 2.45) is 0 Å². The molecule has 0 saturated carbocycles. The zero-order valence-electron chi connectivity index (χ0n) is 12.5. The van der Waals surface area contributed by atoms with Crippen LogP contribution in [-0.2, 0) is 6.54 Å². The Morgan fingerprint density at radius 3 is 2.33 bits per heavy atom. The maximum Gasteiger partial charge on any atom is 0.119 e. The van der Waals surface area contributed by atoms with E-state index in [1.165, 1.54) is 11.1 Å². The van der Waals surface area contributed by atoms with E-state index < -0.39 is 0 Å². The third kappa shape index (κ3) is 5.58. The largest absolute Gasteiger partial charge is 0.492 e. The molecule has 2 aromatic rings. The predicted octanol–water partition coefficient (Wildman–Crippen LogP) is 2.87. The van der Waals surface area contributed by atoms with E-state index in [9.17, 15) is 5.11 Å². The molecule has 0 radical (unpaired) electrons. The summed E-state index contributed by atoms with van der Waals surface area (Å²) in [7, 11) is 0. The molecule has 0 amide bonds. The number of aryl methyl sites for hydroxylation is 1. The highest BCUT2D eigenvalue weighted by Gasteiger charge is 2.05. The van der Waals surface area contributed by atoms with E-state index in [1.54, 1.807) is 0 Å². The molecule has 1 N–H and O–H groups in total. The predicted molar refractivity (Wildman–Crippen MR) is 85.5 cm³/mol. The van der Waals surface area contributed by atoms with Crippen molar-refractivity contribution in [3.05, 3.63) is 65.7 Å². The molecule has 0 atom stereocenters. The Hall–Kier alpha value is -1.84. The van der Waals surface area contributed by atoms with Crippen LogP contribution < -0.4 is 4.74 Å². The molecule has 21 heavy (non-hydrogen) atoms. The van der Waals surface area contributed by atoms with Crippen molar-refractivity contribution in [3.8, 4) is 5.75 Å². The van der Waals surface area contributed by atoms with Gasteiger partial charge in [-0.1, -0.05) is 48.0 Å². The lowest BCUT2D eigenvalue weighted by Gasteiger charge is -2.21. The normalized spacial score (nSPS) is 10.8. The molecule has 0 fully saturated rings. The van der Waals surface area contributed by atoms with Crippen LogP contribution >= 0.6 is 0 Å². The van der Waals surface area contributed by atoms with Crippen molar-refractivity contribution >= 4 is 0 Å². The van der Waals surface area contributed by atoms with Gasteiger partial charge in [-0.2, -0.15) is 0 Å². The quantitative estimate of drug-likeness (QED) is 0.809. The van der Waals surface area contributed by atoms with E-state index in [0.717, 1.165) is 18.8 Å². The van der Waals surface area contributed by atoms with Crippen molar-refractivity contribution in [2.75, 3.05) is 26.3 Å². The van der Waals surface area contributed by atoms with Gasteiger partial charge in [0.05, 0.1) is 6.61 Å². The van der Waals surface area contributed by atoms with Gasteiger partial charge >= 0.3 is 0 Å². The first-order valence-electron chi connectivity index (χ1n) is 7.34. The van der Waals surface area contributed by atoms with Crippen LogP contribution in [0, 0.1) is 6.92 Å². The number of benzene rings is 2. The highest BCUT2D eigenvalue weighted by molar-refractivity contribution is 5.26. The van der Waals surface area contributed by atoms with Crippen LogP contribution in [0.25, 0.3) is 0 Å². The topological polar surface area (TPSA) is 32.7 Å². The summed E-state index contributed by atoms with van der Waals surface area (Å²) in [6.45, 7) is 5.13. The summed E-state index contributed by atoms with van der Waals surface area (Å²) in [5, 5.41) is 9.18. The summed E-state index contributed by atoms with van der Waals surface area (Å²) >= 11 is 0. The number of aliphatic hydroxyl groups is 1. The number of hydrogen-bond acceptors (Lipinski definition) is 3. The monoisotopic (exact) mass is 285 g/mol. The van der Waals surface area contributed by atoms with Crippen molar-refractivity contribution in [1.29, 1.82) is 0 Å². The van der Waals surface area contributed by atoms with Crippen LogP contribution in [0.15, 0.2) is 54.6 Å². The lowest BCUT2D eigenvalue weighted by atomic mass is 10.2. The van der Waals surface area contributed by atoms with Crippen LogP contribution in [-0.4, -0.2) is 36.3 Å². The molecule has 3 nitrogen and oxygen atoms in total. The Kier molecular flexibility index (Phi) is 6.25. The van der Waals surface area contributed by atoms with Crippen molar-refractivity contribution in [3.63, 3.8) is 0 Å². The molecule has 112 valence electrons. The Bertz CT molecular complexity index is 511. The number of hydrogen-bond donors (Lipinski definition) is 1. The van der Waals surface area contributed by atoms with Crippen LogP contribution in [0.1, 0.15) is 11.1 Å². The average molecular weight is 285 g/mol. The molecule has 0 unspecified atom stereocenters. The van der Waals surface area contributed by atoms with Gasteiger partial charge in [-0.15, -0.1) is 0 Å². The Labute approximate surface area is 126 Å². The second kappa shape index (κ2) is 8.45. The first-order chi connectivity index (χ1) is 10.3. The third-order valence-electron chi connectivity index (χ3n) is 3.36. The van der Waals surface area contributed by atoms with Gasteiger partial charge in [-0.25, -0.2) is 0 Å². The van der Waals surface area contributed by atoms with Gasteiger partial charge in [-0.05, 0) is 24.6 Å². The van der Waals surface area contributed by atoms with Gasteiger partial charge in [0.1, 0.15) is 12.4 Å². The smallest absolute Gasteiger partial charge is 0.119 e. The molecule has 0 bridgehead atoms.